The standard InChI is InChI=1S/C30H34FN3O6/c1-16-6-10-21-23(33(16)30(38)39-2)11-12-24-26(21)32-28(34(24)19-5-3-4-17(14-19)29(36)37)27(35)22-15-18(31)7-13-25(22)40-20-8-9-20/h7,11-13,15-17,19-20,27,35H,3-6,8-10,14H2,1-2H3,(H,36,37)/t16-,17+,19+,27-/m0/s1. The number of carboxylic acid groups (broad SMARTS) is 1. The minimum absolute atomic E-state index is 0.0446. The Balaban J connectivity index is 1.52. The van der Waals surface area contributed by atoms with E-state index in [0.29, 0.717) is 48.5 Å². The summed E-state index contributed by atoms with van der Waals surface area (Å²) in [5, 5.41) is 21.6. The molecule has 3 aromatic rings. The maximum atomic E-state index is 14.5. The lowest BCUT2D eigenvalue weighted by molar-refractivity contribution is -0.143. The van der Waals surface area contributed by atoms with E-state index in [4.69, 9.17) is 14.5 Å². The fourth-order valence-electron chi connectivity index (χ4n) is 6.34. The summed E-state index contributed by atoms with van der Waals surface area (Å²) in [5.41, 5.74) is 3.26. The van der Waals surface area contributed by atoms with E-state index >= 15 is 0 Å². The molecular weight excluding hydrogens is 517 g/mol. The molecule has 2 N–H and O–H groups in total. The maximum Gasteiger partial charge on any atom is 0.414 e. The van der Waals surface area contributed by atoms with Gasteiger partial charge in [0.1, 0.15) is 23.5 Å². The first-order valence-electron chi connectivity index (χ1n) is 14.0. The fourth-order valence-corrected chi connectivity index (χ4v) is 6.34. The van der Waals surface area contributed by atoms with Crippen molar-refractivity contribution in [3.05, 3.63) is 53.1 Å². The number of carbonyl (C=O) groups excluding carboxylic acids is 1. The zero-order valence-corrected chi connectivity index (χ0v) is 22.7. The number of methoxy groups -OCH3 is 1. The summed E-state index contributed by atoms with van der Waals surface area (Å²) in [6.45, 7) is 1.97. The number of benzene rings is 2. The normalized spacial score (nSPS) is 23.5. The van der Waals surface area contributed by atoms with Gasteiger partial charge in [0.25, 0.3) is 0 Å². The van der Waals surface area contributed by atoms with Crippen LogP contribution in [-0.2, 0) is 16.0 Å². The predicted octanol–water partition coefficient (Wildman–Crippen LogP) is 5.52. The second-order valence-corrected chi connectivity index (χ2v) is 11.3. The van der Waals surface area contributed by atoms with Crippen molar-refractivity contribution in [2.24, 2.45) is 5.92 Å². The Morgan fingerprint density at radius 3 is 2.65 bits per heavy atom. The van der Waals surface area contributed by atoms with Crippen LogP contribution >= 0.6 is 0 Å². The van der Waals surface area contributed by atoms with Crippen molar-refractivity contribution in [3.8, 4) is 5.75 Å². The summed E-state index contributed by atoms with van der Waals surface area (Å²) in [6.07, 6.45) is 3.93. The van der Waals surface area contributed by atoms with E-state index in [1.54, 1.807) is 4.90 Å². The molecule has 0 saturated heterocycles. The number of ether oxygens (including phenoxy) is 2. The van der Waals surface area contributed by atoms with E-state index in [1.165, 1.54) is 25.3 Å². The van der Waals surface area contributed by atoms with Crippen molar-refractivity contribution >= 4 is 28.8 Å². The SMILES string of the molecule is COC(=O)N1c2ccc3c(nc([C@@H](O)c4cc(F)ccc4OC4CC4)n3[C@@H]3CCC[C@@H](C(=O)O)C3)c2CC[C@@H]1C. The first-order chi connectivity index (χ1) is 19.3. The molecule has 1 amide bonds. The van der Waals surface area contributed by atoms with Gasteiger partial charge >= 0.3 is 12.1 Å². The molecule has 3 aliphatic rings. The van der Waals surface area contributed by atoms with Crippen molar-refractivity contribution in [3.63, 3.8) is 0 Å². The number of fused-ring (bicyclic) bond motifs is 3. The molecule has 4 atom stereocenters. The maximum absolute atomic E-state index is 14.5. The number of hydrogen-bond donors (Lipinski definition) is 2. The highest BCUT2D eigenvalue weighted by molar-refractivity contribution is 5.95. The van der Waals surface area contributed by atoms with Gasteiger partial charge in [0, 0.05) is 23.2 Å². The Kier molecular flexibility index (Phi) is 6.90. The second-order valence-electron chi connectivity index (χ2n) is 11.3. The zero-order valence-electron chi connectivity index (χ0n) is 22.7. The van der Waals surface area contributed by atoms with Crippen molar-refractivity contribution in [2.75, 3.05) is 12.0 Å². The molecule has 1 aliphatic heterocycles. The van der Waals surface area contributed by atoms with Gasteiger partial charge in [0.2, 0.25) is 0 Å². The highest BCUT2D eigenvalue weighted by atomic mass is 19.1. The number of carbonyl (C=O) groups is 2. The molecule has 0 bridgehead atoms. The average molecular weight is 552 g/mol. The lowest BCUT2D eigenvalue weighted by Gasteiger charge is -2.34. The first-order valence-corrected chi connectivity index (χ1v) is 14.0. The summed E-state index contributed by atoms with van der Waals surface area (Å²) >= 11 is 0. The lowest BCUT2D eigenvalue weighted by atomic mass is 9.85. The van der Waals surface area contributed by atoms with Crippen LogP contribution in [0.3, 0.4) is 0 Å². The number of rotatable bonds is 6. The molecule has 9 nitrogen and oxygen atoms in total. The van der Waals surface area contributed by atoms with Gasteiger partial charge in [-0.25, -0.2) is 14.2 Å². The van der Waals surface area contributed by atoms with Gasteiger partial charge in [-0.1, -0.05) is 6.42 Å². The molecule has 2 aliphatic carbocycles. The number of halogens is 1. The van der Waals surface area contributed by atoms with Crippen LogP contribution in [0.1, 0.15) is 81.0 Å². The van der Waals surface area contributed by atoms with Crippen LogP contribution < -0.4 is 9.64 Å². The highest BCUT2D eigenvalue weighted by Crippen LogP contribution is 2.43. The van der Waals surface area contributed by atoms with Gasteiger partial charge < -0.3 is 24.3 Å². The number of anilines is 1. The van der Waals surface area contributed by atoms with Crippen LogP contribution in [-0.4, -0.2) is 51.1 Å². The monoisotopic (exact) mass is 551 g/mol. The Labute approximate surface area is 231 Å². The number of imidazole rings is 1. The molecule has 1 aromatic heterocycles. The molecule has 0 spiro atoms. The van der Waals surface area contributed by atoms with Crippen molar-refractivity contribution < 1.29 is 33.7 Å². The molecule has 2 aromatic carbocycles. The van der Waals surface area contributed by atoms with Gasteiger partial charge in [-0.3, -0.25) is 9.69 Å². The predicted molar refractivity (Wildman–Crippen MR) is 145 cm³/mol. The third-order valence-electron chi connectivity index (χ3n) is 8.54. The van der Waals surface area contributed by atoms with E-state index in [2.05, 4.69) is 0 Å². The van der Waals surface area contributed by atoms with Crippen LogP contribution in [0.25, 0.3) is 11.0 Å². The Bertz CT molecular complexity index is 1470. The fraction of sp³-hybridized carbons (Fsp3) is 0.500. The van der Waals surface area contributed by atoms with Crippen LogP contribution in [0.5, 0.6) is 5.75 Å². The Hall–Kier alpha value is -3.66. The molecule has 2 heterocycles. The van der Waals surface area contributed by atoms with Gasteiger partial charge in [-0.15, -0.1) is 0 Å². The minimum Gasteiger partial charge on any atom is -0.490 e. The van der Waals surface area contributed by atoms with Crippen molar-refractivity contribution in [2.45, 2.75) is 82.6 Å². The van der Waals surface area contributed by atoms with Gasteiger partial charge in [-0.2, -0.15) is 0 Å². The van der Waals surface area contributed by atoms with E-state index in [1.807, 2.05) is 23.6 Å². The highest BCUT2D eigenvalue weighted by Gasteiger charge is 2.36. The molecule has 212 valence electrons. The topological polar surface area (TPSA) is 114 Å². The van der Waals surface area contributed by atoms with E-state index in [0.717, 1.165) is 36.8 Å². The average Bonchev–Trinajstić information content (AvgIpc) is 3.69. The van der Waals surface area contributed by atoms with E-state index < -0.39 is 29.9 Å². The molecule has 10 heteroatoms. The number of nitrogens with zero attached hydrogens (tertiary/aromatic N) is 3. The molecular formula is C30H34FN3O6. The summed E-state index contributed by atoms with van der Waals surface area (Å²) in [6, 6.07) is 7.61. The van der Waals surface area contributed by atoms with Gasteiger partial charge in [-0.05, 0) is 82.2 Å². The molecule has 0 unspecified atom stereocenters. The zero-order chi connectivity index (χ0) is 28.1. The summed E-state index contributed by atoms with van der Waals surface area (Å²) in [7, 11) is 1.35. The molecule has 2 fully saturated rings. The van der Waals surface area contributed by atoms with E-state index in [-0.39, 0.29) is 23.8 Å². The van der Waals surface area contributed by atoms with Crippen molar-refractivity contribution in [1.29, 1.82) is 0 Å². The minimum atomic E-state index is -1.31. The summed E-state index contributed by atoms with van der Waals surface area (Å²) in [5.74, 6) is -1.11. The third-order valence-corrected chi connectivity index (χ3v) is 8.54. The number of hydrogen-bond acceptors (Lipinski definition) is 6. The second kappa shape index (κ2) is 10.4. The first kappa shape index (κ1) is 26.6. The Morgan fingerprint density at radius 2 is 1.93 bits per heavy atom. The number of carboxylic acids is 1. The van der Waals surface area contributed by atoms with Crippen LogP contribution in [0.15, 0.2) is 30.3 Å². The van der Waals surface area contributed by atoms with Crippen LogP contribution in [0.4, 0.5) is 14.9 Å². The Morgan fingerprint density at radius 1 is 1.12 bits per heavy atom. The van der Waals surface area contributed by atoms with E-state index in [9.17, 15) is 24.2 Å². The number of aliphatic carboxylic acids is 1. The quantitative estimate of drug-likeness (QED) is 0.415. The number of aromatic nitrogens is 2. The molecule has 2 saturated carbocycles. The molecule has 0 radical (unpaired) electrons. The number of aryl methyl sites for hydroxylation is 1. The largest absolute Gasteiger partial charge is 0.490 e. The number of aliphatic hydroxyl groups is 1. The lowest BCUT2D eigenvalue weighted by Crippen LogP contribution is -2.42. The number of aliphatic hydroxyl groups excluding tert-OH is 1. The molecule has 40 heavy (non-hydrogen) atoms. The van der Waals surface area contributed by atoms with Crippen LogP contribution in [0, 0.1) is 11.7 Å². The van der Waals surface area contributed by atoms with Crippen LogP contribution in [0.2, 0.25) is 0 Å². The van der Waals surface area contributed by atoms with Gasteiger partial charge in [0.15, 0.2) is 0 Å². The smallest absolute Gasteiger partial charge is 0.414 e. The molecule has 6 rings (SSSR count). The third kappa shape index (κ3) is 4.68. The van der Waals surface area contributed by atoms with Crippen molar-refractivity contribution in [1.82, 2.24) is 9.55 Å². The summed E-state index contributed by atoms with van der Waals surface area (Å²) in [4.78, 5) is 31.2. The summed E-state index contributed by atoms with van der Waals surface area (Å²) < 4.78 is 27.5. The van der Waals surface area contributed by atoms with Gasteiger partial charge in [0.05, 0.1) is 35.9 Å². The number of amides is 1.